The summed E-state index contributed by atoms with van der Waals surface area (Å²) in [5, 5.41) is 0.328. The van der Waals surface area contributed by atoms with E-state index in [0.717, 1.165) is 38.0 Å². The van der Waals surface area contributed by atoms with E-state index in [1.807, 2.05) is 0 Å². The summed E-state index contributed by atoms with van der Waals surface area (Å²) in [6.45, 7) is 3.02. The van der Waals surface area contributed by atoms with E-state index in [1.165, 1.54) is 17.5 Å². The molecular formula is C14H19ClO. The number of benzene rings is 1. The number of hydrogen-bond donors (Lipinski definition) is 0. The number of fused-ring (bicyclic) bond motifs is 1. The first-order valence-corrected chi connectivity index (χ1v) is 6.62. The van der Waals surface area contributed by atoms with Crippen molar-refractivity contribution >= 4 is 11.6 Å². The van der Waals surface area contributed by atoms with Crippen LogP contribution in [0.2, 0.25) is 0 Å². The number of hydrogen-bond acceptors (Lipinski definition) is 1. The topological polar surface area (TPSA) is 9.23 Å². The molecule has 16 heavy (non-hydrogen) atoms. The third-order valence-corrected chi connectivity index (χ3v) is 3.54. The summed E-state index contributed by atoms with van der Waals surface area (Å²) in [5.74, 6) is 1.07. The van der Waals surface area contributed by atoms with E-state index in [-0.39, 0.29) is 0 Å². The molecule has 0 N–H and O–H groups in total. The largest absolute Gasteiger partial charge is 0.493 e. The van der Waals surface area contributed by atoms with E-state index < -0.39 is 0 Å². The Morgan fingerprint density at radius 1 is 1.38 bits per heavy atom. The standard InChI is InChI=1S/C14H19ClO/c1-2-3-13(15)6-4-11-5-7-14-12(10-11)8-9-16-14/h5,7,10,13H,2-4,6,8-9H2,1H3. The summed E-state index contributed by atoms with van der Waals surface area (Å²) in [6.07, 6.45) is 5.51. The lowest BCUT2D eigenvalue weighted by Crippen LogP contribution is -2.00. The lowest BCUT2D eigenvalue weighted by atomic mass is 10.0. The minimum absolute atomic E-state index is 0.328. The number of rotatable bonds is 5. The van der Waals surface area contributed by atoms with E-state index in [0.29, 0.717) is 5.38 Å². The fourth-order valence-electron chi connectivity index (χ4n) is 2.18. The van der Waals surface area contributed by atoms with Crippen LogP contribution in [-0.2, 0) is 12.8 Å². The number of aryl methyl sites for hydroxylation is 1. The monoisotopic (exact) mass is 238 g/mol. The molecule has 0 aliphatic carbocycles. The Hall–Kier alpha value is -0.690. The fourth-order valence-corrected chi connectivity index (χ4v) is 2.50. The maximum atomic E-state index is 6.22. The average Bonchev–Trinajstić information content (AvgIpc) is 2.74. The lowest BCUT2D eigenvalue weighted by Gasteiger charge is -2.08. The molecule has 1 aromatic carbocycles. The molecule has 0 radical (unpaired) electrons. The van der Waals surface area contributed by atoms with Crippen molar-refractivity contribution in [2.45, 2.75) is 44.4 Å². The van der Waals surface area contributed by atoms with Crippen molar-refractivity contribution in [1.82, 2.24) is 0 Å². The Bertz CT molecular complexity index is 349. The molecule has 0 saturated carbocycles. The van der Waals surface area contributed by atoms with Crippen molar-refractivity contribution in [3.05, 3.63) is 29.3 Å². The lowest BCUT2D eigenvalue weighted by molar-refractivity contribution is 0.357. The van der Waals surface area contributed by atoms with Gasteiger partial charge in [-0.15, -0.1) is 11.6 Å². The van der Waals surface area contributed by atoms with Crippen LogP contribution in [0.15, 0.2) is 18.2 Å². The highest BCUT2D eigenvalue weighted by Gasteiger charge is 2.12. The van der Waals surface area contributed by atoms with Gasteiger partial charge in [0, 0.05) is 11.8 Å². The van der Waals surface area contributed by atoms with Crippen molar-refractivity contribution < 1.29 is 4.74 Å². The van der Waals surface area contributed by atoms with Gasteiger partial charge >= 0.3 is 0 Å². The van der Waals surface area contributed by atoms with Gasteiger partial charge in [-0.2, -0.15) is 0 Å². The van der Waals surface area contributed by atoms with E-state index >= 15 is 0 Å². The van der Waals surface area contributed by atoms with Gasteiger partial charge in [-0.25, -0.2) is 0 Å². The van der Waals surface area contributed by atoms with Crippen molar-refractivity contribution in [2.24, 2.45) is 0 Å². The van der Waals surface area contributed by atoms with Gasteiger partial charge in [0.2, 0.25) is 0 Å². The van der Waals surface area contributed by atoms with Crippen molar-refractivity contribution in [3.8, 4) is 5.75 Å². The quantitative estimate of drug-likeness (QED) is 0.706. The first kappa shape index (κ1) is 11.8. The summed E-state index contributed by atoms with van der Waals surface area (Å²) >= 11 is 6.22. The Morgan fingerprint density at radius 3 is 3.06 bits per heavy atom. The highest BCUT2D eigenvalue weighted by molar-refractivity contribution is 6.20. The van der Waals surface area contributed by atoms with E-state index in [2.05, 4.69) is 25.1 Å². The third kappa shape index (κ3) is 2.91. The molecule has 0 spiro atoms. The molecule has 0 fully saturated rings. The fraction of sp³-hybridized carbons (Fsp3) is 0.571. The van der Waals surface area contributed by atoms with Crippen LogP contribution in [0.25, 0.3) is 0 Å². The Morgan fingerprint density at radius 2 is 2.25 bits per heavy atom. The molecule has 1 aromatic rings. The van der Waals surface area contributed by atoms with Crippen molar-refractivity contribution in [1.29, 1.82) is 0 Å². The zero-order chi connectivity index (χ0) is 11.4. The number of alkyl halides is 1. The maximum absolute atomic E-state index is 6.22. The van der Waals surface area contributed by atoms with Crippen LogP contribution >= 0.6 is 11.6 Å². The van der Waals surface area contributed by atoms with Crippen molar-refractivity contribution in [3.63, 3.8) is 0 Å². The zero-order valence-corrected chi connectivity index (χ0v) is 10.6. The number of halogens is 1. The van der Waals surface area contributed by atoms with Gasteiger partial charge in [-0.1, -0.05) is 25.5 Å². The van der Waals surface area contributed by atoms with Crippen molar-refractivity contribution in [2.75, 3.05) is 6.61 Å². The third-order valence-electron chi connectivity index (χ3n) is 3.10. The van der Waals surface area contributed by atoms with Crippen LogP contribution in [0.5, 0.6) is 5.75 Å². The summed E-state index contributed by atoms with van der Waals surface area (Å²) in [5.41, 5.74) is 2.75. The molecule has 0 saturated heterocycles. The molecule has 1 aliphatic rings. The predicted molar refractivity (Wildman–Crippen MR) is 68.5 cm³/mol. The van der Waals surface area contributed by atoms with Crippen LogP contribution in [-0.4, -0.2) is 12.0 Å². The normalized spacial score (nSPS) is 15.6. The Labute approximate surface area is 103 Å². The van der Waals surface area contributed by atoms with Gasteiger partial charge in [0.05, 0.1) is 6.61 Å². The summed E-state index contributed by atoms with van der Waals surface area (Å²) < 4.78 is 5.49. The van der Waals surface area contributed by atoms with Crippen LogP contribution in [0, 0.1) is 0 Å². The predicted octanol–water partition coefficient (Wildman–Crippen LogP) is 3.96. The second kappa shape index (κ2) is 5.58. The van der Waals surface area contributed by atoms with E-state index in [4.69, 9.17) is 16.3 Å². The molecule has 0 bridgehead atoms. The SMILES string of the molecule is CCCC(Cl)CCc1ccc2c(c1)CCO2. The highest BCUT2D eigenvalue weighted by Crippen LogP contribution is 2.26. The minimum atomic E-state index is 0.328. The van der Waals surface area contributed by atoms with Gasteiger partial charge in [-0.3, -0.25) is 0 Å². The highest BCUT2D eigenvalue weighted by atomic mass is 35.5. The van der Waals surface area contributed by atoms with Crippen LogP contribution in [0.3, 0.4) is 0 Å². The van der Waals surface area contributed by atoms with Gasteiger partial charge in [0.25, 0.3) is 0 Å². The Kier molecular flexibility index (Phi) is 4.11. The second-order valence-corrected chi connectivity index (χ2v) is 5.08. The molecule has 1 heterocycles. The summed E-state index contributed by atoms with van der Waals surface area (Å²) in [4.78, 5) is 0. The van der Waals surface area contributed by atoms with Crippen LogP contribution in [0.4, 0.5) is 0 Å². The summed E-state index contributed by atoms with van der Waals surface area (Å²) in [7, 11) is 0. The molecule has 0 amide bonds. The maximum Gasteiger partial charge on any atom is 0.122 e. The smallest absolute Gasteiger partial charge is 0.122 e. The van der Waals surface area contributed by atoms with Gasteiger partial charge in [0.1, 0.15) is 5.75 Å². The van der Waals surface area contributed by atoms with E-state index in [1.54, 1.807) is 0 Å². The van der Waals surface area contributed by atoms with Gasteiger partial charge in [0.15, 0.2) is 0 Å². The van der Waals surface area contributed by atoms with Crippen LogP contribution in [0.1, 0.15) is 37.3 Å². The summed E-state index contributed by atoms with van der Waals surface area (Å²) in [6, 6.07) is 6.54. The molecule has 0 aromatic heterocycles. The molecule has 1 aliphatic heterocycles. The van der Waals surface area contributed by atoms with Crippen LogP contribution < -0.4 is 4.74 Å². The zero-order valence-electron chi connectivity index (χ0n) is 9.84. The number of ether oxygens (including phenoxy) is 1. The second-order valence-electron chi connectivity index (χ2n) is 4.47. The first-order chi connectivity index (χ1) is 7.79. The van der Waals surface area contributed by atoms with Gasteiger partial charge < -0.3 is 4.74 Å². The molecule has 2 rings (SSSR count). The minimum Gasteiger partial charge on any atom is -0.493 e. The van der Waals surface area contributed by atoms with Gasteiger partial charge in [-0.05, 0) is 36.5 Å². The molecule has 2 heteroatoms. The molecule has 1 unspecified atom stereocenters. The molecule has 88 valence electrons. The Balaban J connectivity index is 1.90. The first-order valence-electron chi connectivity index (χ1n) is 6.18. The average molecular weight is 239 g/mol. The molecular weight excluding hydrogens is 220 g/mol. The molecule has 1 nitrogen and oxygen atoms in total. The molecule has 1 atom stereocenters. The van der Waals surface area contributed by atoms with E-state index in [9.17, 15) is 0 Å².